The first kappa shape index (κ1) is 10.6. The summed E-state index contributed by atoms with van der Waals surface area (Å²) in [6.45, 7) is 0. The van der Waals surface area contributed by atoms with Crippen molar-refractivity contribution >= 4 is 54.5 Å². The van der Waals surface area contributed by atoms with E-state index in [0.717, 1.165) is 13.6 Å². The van der Waals surface area contributed by atoms with Crippen LogP contribution < -0.4 is 0 Å². The summed E-state index contributed by atoms with van der Waals surface area (Å²) in [7, 11) is 0. The average Bonchev–Trinajstić information content (AvgIpc) is 2.56. The molecule has 1 aromatic carbocycles. The minimum absolute atomic E-state index is 0.392. The molecule has 0 saturated carbocycles. The maximum absolute atomic E-state index is 5.27. The molecule has 0 radical (unpaired) electrons. The Morgan fingerprint density at radius 3 is 2.64 bits per heavy atom. The van der Waals surface area contributed by atoms with Gasteiger partial charge in [0.25, 0.3) is 4.80 Å². The molecule has 1 heterocycles. The first-order chi connectivity index (χ1) is 6.66. The maximum atomic E-state index is 5.27. The van der Waals surface area contributed by atoms with E-state index in [0.29, 0.717) is 10.7 Å². The minimum atomic E-state index is 0.392. The van der Waals surface area contributed by atoms with Crippen molar-refractivity contribution in [2.45, 2.75) is 0 Å². The summed E-state index contributed by atoms with van der Waals surface area (Å²) >= 11 is 8.74. The average molecular weight is 430 g/mol. The molecule has 0 aliphatic rings. The molecule has 14 heavy (non-hydrogen) atoms. The third-order valence-corrected chi connectivity index (χ3v) is 3.31. The molecule has 6 heteroatoms. The fourth-order valence-electron chi connectivity index (χ4n) is 0.976. The lowest BCUT2D eigenvalue weighted by molar-refractivity contribution is 0.540. The van der Waals surface area contributed by atoms with Gasteiger partial charge in [0.2, 0.25) is 5.89 Å². The number of rotatable bonds is 1. The van der Waals surface area contributed by atoms with Crippen LogP contribution in [0.2, 0.25) is 0 Å². The summed E-state index contributed by atoms with van der Waals surface area (Å²) in [5, 5.41) is 7.64. The summed E-state index contributed by atoms with van der Waals surface area (Å²) in [6.07, 6.45) is 0. The van der Waals surface area contributed by atoms with Crippen LogP contribution in [0.15, 0.2) is 31.9 Å². The van der Waals surface area contributed by atoms with Gasteiger partial charge in [0, 0.05) is 24.0 Å². The van der Waals surface area contributed by atoms with E-state index in [1.54, 1.807) is 0 Å². The van der Waals surface area contributed by atoms with Crippen molar-refractivity contribution in [3.05, 3.63) is 31.0 Å². The summed E-state index contributed by atoms with van der Waals surface area (Å²) < 4.78 is 7.33. The lowest BCUT2D eigenvalue weighted by atomic mass is 10.2. The number of hydrogen-bond acceptors (Lipinski definition) is 3. The van der Waals surface area contributed by atoms with Crippen LogP contribution in [0.3, 0.4) is 0 Å². The van der Waals surface area contributed by atoms with E-state index in [-0.39, 0.29) is 0 Å². The van der Waals surface area contributed by atoms with E-state index in [9.17, 15) is 0 Å². The number of hydrogen-bond donors (Lipinski definition) is 0. The highest BCUT2D eigenvalue weighted by Crippen LogP contribution is 2.28. The van der Waals surface area contributed by atoms with Gasteiger partial charge in [-0.05, 0) is 40.8 Å². The first-order valence-electron chi connectivity index (χ1n) is 3.61. The van der Waals surface area contributed by atoms with Crippen LogP contribution in [0.5, 0.6) is 0 Å². The van der Waals surface area contributed by atoms with Crippen molar-refractivity contribution in [1.29, 1.82) is 0 Å². The van der Waals surface area contributed by atoms with Gasteiger partial charge < -0.3 is 4.42 Å². The van der Waals surface area contributed by atoms with Crippen molar-refractivity contribution in [2.24, 2.45) is 0 Å². The first-order valence-corrected chi connectivity index (χ1v) is 6.28. The highest BCUT2D eigenvalue weighted by atomic mass is 127. The Balaban J connectivity index is 2.55. The van der Waals surface area contributed by atoms with Crippen molar-refractivity contribution in [2.75, 3.05) is 0 Å². The second-order valence-electron chi connectivity index (χ2n) is 2.48. The van der Waals surface area contributed by atoms with Crippen LogP contribution in [-0.4, -0.2) is 10.2 Å². The zero-order valence-electron chi connectivity index (χ0n) is 6.67. The van der Waals surface area contributed by atoms with E-state index in [1.165, 1.54) is 0 Å². The van der Waals surface area contributed by atoms with Crippen LogP contribution in [0.4, 0.5) is 0 Å². The molecule has 0 atom stereocenters. The SMILES string of the molecule is Brc1ccc(I)c(-c2nnc(Br)o2)c1. The van der Waals surface area contributed by atoms with E-state index < -0.39 is 0 Å². The predicted molar refractivity (Wildman–Crippen MR) is 67.9 cm³/mol. The second-order valence-corrected chi connectivity index (χ2v) is 5.24. The third-order valence-electron chi connectivity index (χ3n) is 1.56. The van der Waals surface area contributed by atoms with Crippen LogP contribution in [0.1, 0.15) is 0 Å². The zero-order valence-corrected chi connectivity index (χ0v) is 12.0. The largest absolute Gasteiger partial charge is 0.411 e. The Labute approximate surface area is 111 Å². The van der Waals surface area contributed by atoms with Gasteiger partial charge in [-0.3, -0.25) is 0 Å². The minimum Gasteiger partial charge on any atom is -0.411 e. The van der Waals surface area contributed by atoms with E-state index in [1.807, 2.05) is 18.2 Å². The molecule has 0 saturated heterocycles. The summed E-state index contributed by atoms with van der Waals surface area (Å²) in [4.78, 5) is 0.392. The van der Waals surface area contributed by atoms with Crippen molar-refractivity contribution in [3.63, 3.8) is 0 Å². The summed E-state index contributed by atoms with van der Waals surface area (Å²) in [6, 6.07) is 5.90. The molecule has 0 amide bonds. The normalized spacial score (nSPS) is 10.5. The number of benzene rings is 1. The fourth-order valence-corrected chi connectivity index (χ4v) is 2.14. The van der Waals surface area contributed by atoms with Gasteiger partial charge in [0.1, 0.15) is 0 Å². The molecule has 1 aromatic heterocycles. The van der Waals surface area contributed by atoms with Crippen molar-refractivity contribution < 1.29 is 4.42 Å². The number of aromatic nitrogens is 2. The molecule has 2 aromatic rings. The van der Waals surface area contributed by atoms with Gasteiger partial charge in [-0.1, -0.05) is 15.9 Å². The summed E-state index contributed by atoms with van der Waals surface area (Å²) in [5.41, 5.74) is 0.929. The Hall–Kier alpha value is 0.0500. The Bertz CT molecular complexity index is 472. The maximum Gasteiger partial charge on any atom is 0.285 e. The zero-order chi connectivity index (χ0) is 10.1. The molecule has 0 aliphatic heterocycles. The molecule has 0 N–H and O–H groups in total. The lowest BCUT2D eigenvalue weighted by Crippen LogP contribution is -1.83. The molecule has 0 fully saturated rings. The second kappa shape index (κ2) is 4.28. The number of nitrogens with zero attached hydrogens (tertiary/aromatic N) is 2. The quantitative estimate of drug-likeness (QED) is 0.646. The highest BCUT2D eigenvalue weighted by molar-refractivity contribution is 14.1. The molecule has 3 nitrogen and oxygen atoms in total. The van der Waals surface area contributed by atoms with E-state index >= 15 is 0 Å². The highest BCUT2D eigenvalue weighted by Gasteiger charge is 2.10. The molecule has 2 rings (SSSR count). The molecular weight excluding hydrogens is 427 g/mol. The Kier molecular flexibility index (Phi) is 3.23. The van der Waals surface area contributed by atoms with Gasteiger partial charge >= 0.3 is 0 Å². The molecule has 0 bridgehead atoms. The molecule has 0 aliphatic carbocycles. The fraction of sp³-hybridized carbons (Fsp3) is 0. The van der Waals surface area contributed by atoms with Gasteiger partial charge in [-0.15, -0.1) is 10.2 Å². The predicted octanol–water partition coefficient (Wildman–Crippen LogP) is 3.87. The van der Waals surface area contributed by atoms with Crippen LogP contribution in [-0.2, 0) is 0 Å². The van der Waals surface area contributed by atoms with Crippen LogP contribution >= 0.6 is 54.5 Å². The molecular formula is C8H3Br2IN2O. The third kappa shape index (κ3) is 2.17. The van der Waals surface area contributed by atoms with Crippen molar-refractivity contribution in [1.82, 2.24) is 10.2 Å². The molecule has 0 spiro atoms. The van der Waals surface area contributed by atoms with E-state index in [2.05, 4.69) is 64.6 Å². The van der Waals surface area contributed by atoms with Crippen LogP contribution in [0, 0.1) is 3.57 Å². The summed E-state index contributed by atoms with van der Waals surface area (Å²) in [5.74, 6) is 0.516. The van der Waals surface area contributed by atoms with Gasteiger partial charge in [0.05, 0.1) is 5.56 Å². The Morgan fingerprint density at radius 2 is 2.00 bits per heavy atom. The number of halogens is 3. The monoisotopic (exact) mass is 428 g/mol. The van der Waals surface area contributed by atoms with Gasteiger partial charge in [0.15, 0.2) is 0 Å². The van der Waals surface area contributed by atoms with E-state index in [4.69, 9.17) is 4.42 Å². The van der Waals surface area contributed by atoms with Gasteiger partial charge in [-0.25, -0.2) is 0 Å². The molecule has 0 unspecified atom stereocenters. The lowest BCUT2D eigenvalue weighted by Gasteiger charge is -1.99. The smallest absolute Gasteiger partial charge is 0.285 e. The van der Waals surface area contributed by atoms with Crippen LogP contribution in [0.25, 0.3) is 11.5 Å². The standard InChI is InChI=1S/C8H3Br2IN2O/c9-4-1-2-6(11)5(3-4)7-12-13-8(10)14-7/h1-3H. The Morgan fingerprint density at radius 1 is 1.21 bits per heavy atom. The van der Waals surface area contributed by atoms with Crippen molar-refractivity contribution in [3.8, 4) is 11.5 Å². The topological polar surface area (TPSA) is 38.9 Å². The van der Waals surface area contributed by atoms with Gasteiger partial charge in [-0.2, -0.15) is 0 Å². The molecule has 72 valence electrons.